The fourth-order valence-corrected chi connectivity index (χ4v) is 5.02. The van der Waals surface area contributed by atoms with E-state index < -0.39 is 11.2 Å². The molecule has 174 valence electrons. The molecular weight excluding hydrogens is 406 g/mol. The van der Waals surface area contributed by atoms with Crippen molar-refractivity contribution in [3.05, 3.63) is 38.2 Å². The maximum Gasteiger partial charge on any atom is 0.330 e. The second kappa shape index (κ2) is 9.17. The Morgan fingerprint density at radius 1 is 1.09 bits per heavy atom. The molecule has 0 atom stereocenters. The molecule has 2 aromatic rings. The van der Waals surface area contributed by atoms with Crippen LogP contribution in [0.4, 0.5) is 0 Å². The Hall–Kier alpha value is -2.48. The van der Waals surface area contributed by atoms with Crippen molar-refractivity contribution in [2.75, 3.05) is 26.2 Å². The predicted octanol–water partition coefficient (Wildman–Crippen LogP) is 2.56. The van der Waals surface area contributed by atoms with E-state index in [1.54, 1.807) is 6.07 Å². The molecule has 2 fully saturated rings. The van der Waals surface area contributed by atoms with Crippen LogP contribution in [0.15, 0.2) is 15.7 Å². The monoisotopic (exact) mass is 441 g/mol. The molecule has 8 nitrogen and oxygen atoms in total. The standard InChI is InChI=1S/C24H35N5O3/c1-15(2)14-29-21-20(22(30)26-24(29)32)18(13-19(25-21)16(3)4)23(31)28-11-9-27(10-12-28)17-7-5-6-8-17/h13,15-17H,5-12,14H2,1-4H3,(H,26,30,32). The second-order valence-electron chi connectivity index (χ2n) is 9.98. The molecule has 2 aliphatic rings. The van der Waals surface area contributed by atoms with E-state index >= 15 is 0 Å². The van der Waals surface area contributed by atoms with Gasteiger partial charge in [-0.25, -0.2) is 9.78 Å². The van der Waals surface area contributed by atoms with E-state index in [2.05, 4.69) is 14.9 Å². The molecule has 2 aromatic heterocycles. The lowest BCUT2D eigenvalue weighted by atomic mass is 10.0. The SMILES string of the molecule is CC(C)Cn1c(=O)[nH]c(=O)c2c(C(=O)N3CCN(C4CCCC4)CC3)cc(C(C)C)nc21. The first kappa shape index (κ1) is 22.7. The van der Waals surface area contributed by atoms with E-state index in [1.807, 2.05) is 32.6 Å². The van der Waals surface area contributed by atoms with Gasteiger partial charge in [0.25, 0.3) is 11.5 Å². The number of piperazine rings is 1. The number of pyridine rings is 1. The third kappa shape index (κ3) is 4.37. The molecule has 1 N–H and O–H groups in total. The number of H-pyrrole nitrogens is 1. The smallest absolute Gasteiger partial charge is 0.330 e. The Morgan fingerprint density at radius 3 is 2.34 bits per heavy atom. The Kier molecular flexibility index (Phi) is 6.51. The lowest BCUT2D eigenvalue weighted by Gasteiger charge is -2.38. The summed E-state index contributed by atoms with van der Waals surface area (Å²) in [4.78, 5) is 50.5. The lowest BCUT2D eigenvalue weighted by Crippen LogP contribution is -2.51. The molecule has 8 heteroatoms. The molecule has 0 unspecified atom stereocenters. The summed E-state index contributed by atoms with van der Waals surface area (Å²) in [5, 5.41) is 0.220. The molecule has 1 aliphatic carbocycles. The van der Waals surface area contributed by atoms with E-state index in [0.717, 1.165) is 13.1 Å². The molecule has 32 heavy (non-hydrogen) atoms. The van der Waals surface area contributed by atoms with Crippen molar-refractivity contribution in [1.29, 1.82) is 0 Å². The molecule has 1 saturated heterocycles. The summed E-state index contributed by atoms with van der Waals surface area (Å²) in [6, 6.07) is 2.40. The van der Waals surface area contributed by atoms with Gasteiger partial charge < -0.3 is 4.90 Å². The van der Waals surface area contributed by atoms with Crippen LogP contribution in [0.2, 0.25) is 0 Å². The predicted molar refractivity (Wildman–Crippen MR) is 125 cm³/mol. The van der Waals surface area contributed by atoms with E-state index in [-0.39, 0.29) is 23.1 Å². The van der Waals surface area contributed by atoms with Crippen LogP contribution < -0.4 is 11.2 Å². The minimum atomic E-state index is -0.541. The minimum absolute atomic E-state index is 0.0621. The zero-order chi connectivity index (χ0) is 23.0. The Balaban J connectivity index is 1.73. The summed E-state index contributed by atoms with van der Waals surface area (Å²) in [6.07, 6.45) is 5.10. The van der Waals surface area contributed by atoms with Gasteiger partial charge in [-0.05, 0) is 30.7 Å². The van der Waals surface area contributed by atoms with Gasteiger partial charge in [0.2, 0.25) is 0 Å². The van der Waals surface area contributed by atoms with Crippen molar-refractivity contribution in [3.8, 4) is 0 Å². The topological polar surface area (TPSA) is 91.3 Å². The molecule has 0 radical (unpaired) electrons. The quantitative estimate of drug-likeness (QED) is 0.770. The molecule has 0 aromatic carbocycles. The van der Waals surface area contributed by atoms with Gasteiger partial charge in [0.05, 0.1) is 10.9 Å². The van der Waals surface area contributed by atoms with Gasteiger partial charge in [-0.15, -0.1) is 0 Å². The van der Waals surface area contributed by atoms with Crippen LogP contribution in [0.5, 0.6) is 0 Å². The average Bonchev–Trinajstić information content (AvgIpc) is 3.30. The van der Waals surface area contributed by atoms with Crippen LogP contribution >= 0.6 is 0 Å². The number of fused-ring (bicyclic) bond motifs is 1. The number of hydrogen-bond donors (Lipinski definition) is 1. The largest absolute Gasteiger partial charge is 0.336 e. The van der Waals surface area contributed by atoms with E-state index in [0.29, 0.717) is 42.6 Å². The fourth-order valence-electron chi connectivity index (χ4n) is 5.02. The van der Waals surface area contributed by atoms with Crippen LogP contribution in [0.3, 0.4) is 0 Å². The second-order valence-corrected chi connectivity index (χ2v) is 9.98. The number of aromatic nitrogens is 3. The number of hydrogen-bond acceptors (Lipinski definition) is 5. The summed E-state index contributed by atoms with van der Waals surface area (Å²) in [6.45, 7) is 11.5. The summed E-state index contributed by atoms with van der Waals surface area (Å²) < 4.78 is 1.50. The van der Waals surface area contributed by atoms with Crippen molar-refractivity contribution in [2.24, 2.45) is 5.92 Å². The fraction of sp³-hybridized carbons (Fsp3) is 0.667. The van der Waals surface area contributed by atoms with Gasteiger partial charge in [0, 0.05) is 44.5 Å². The maximum atomic E-state index is 13.6. The van der Waals surface area contributed by atoms with E-state index in [1.165, 1.54) is 30.3 Å². The van der Waals surface area contributed by atoms with Crippen LogP contribution in [-0.4, -0.2) is 62.5 Å². The highest BCUT2D eigenvalue weighted by atomic mass is 16.2. The van der Waals surface area contributed by atoms with E-state index in [9.17, 15) is 14.4 Å². The molecule has 1 saturated carbocycles. The summed E-state index contributed by atoms with van der Waals surface area (Å²) >= 11 is 0. The van der Waals surface area contributed by atoms with Gasteiger partial charge in [0.15, 0.2) is 5.65 Å². The summed E-state index contributed by atoms with van der Waals surface area (Å²) in [7, 11) is 0. The van der Waals surface area contributed by atoms with Crippen LogP contribution in [0.25, 0.3) is 11.0 Å². The number of carbonyl (C=O) groups is 1. The Bertz CT molecular complexity index is 1100. The summed E-state index contributed by atoms with van der Waals surface area (Å²) in [5.74, 6) is 0.104. The highest BCUT2D eigenvalue weighted by Crippen LogP contribution is 2.26. The highest BCUT2D eigenvalue weighted by Gasteiger charge is 2.30. The number of amides is 1. The number of nitrogens with one attached hydrogen (secondary N) is 1. The van der Waals surface area contributed by atoms with Crippen molar-refractivity contribution in [1.82, 2.24) is 24.3 Å². The van der Waals surface area contributed by atoms with Crippen molar-refractivity contribution >= 4 is 16.9 Å². The van der Waals surface area contributed by atoms with Crippen LogP contribution in [-0.2, 0) is 6.54 Å². The third-order valence-electron chi connectivity index (χ3n) is 6.78. The first-order chi connectivity index (χ1) is 15.3. The third-order valence-corrected chi connectivity index (χ3v) is 6.78. The van der Waals surface area contributed by atoms with Gasteiger partial charge in [0.1, 0.15) is 0 Å². The van der Waals surface area contributed by atoms with Gasteiger partial charge in [-0.1, -0.05) is 40.5 Å². The Morgan fingerprint density at radius 2 is 1.75 bits per heavy atom. The number of aromatic amines is 1. The highest BCUT2D eigenvalue weighted by molar-refractivity contribution is 6.05. The Labute approximate surface area is 188 Å². The van der Waals surface area contributed by atoms with Gasteiger partial charge in [-0.3, -0.25) is 24.0 Å². The molecule has 0 spiro atoms. The van der Waals surface area contributed by atoms with Crippen molar-refractivity contribution in [2.45, 2.75) is 71.9 Å². The van der Waals surface area contributed by atoms with Crippen molar-refractivity contribution in [3.63, 3.8) is 0 Å². The number of rotatable bonds is 5. The van der Waals surface area contributed by atoms with Crippen LogP contribution in [0.1, 0.15) is 75.3 Å². The zero-order valence-electron chi connectivity index (χ0n) is 19.7. The molecule has 0 bridgehead atoms. The molecular formula is C24H35N5O3. The first-order valence-corrected chi connectivity index (χ1v) is 12.0. The maximum absolute atomic E-state index is 13.6. The molecule has 1 amide bonds. The molecule has 4 rings (SSSR count). The molecule has 1 aliphatic heterocycles. The van der Waals surface area contributed by atoms with Gasteiger partial charge in [-0.2, -0.15) is 0 Å². The van der Waals surface area contributed by atoms with E-state index in [4.69, 9.17) is 0 Å². The first-order valence-electron chi connectivity index (χ1n) is 12.0. The normalized spacial score (nSPS) is 18.4. The van der Waals surface area contributed by atoms with Crippen molar-refractivity contribution < 1.29 is 4.79 Å². The number of carbonyl (C=O) groups excluding carboxylic acids is 1. The number of nitrogens with zero attached hydrogens (tertiary/aromatic N) is 4. The summed E-state index contributed by atoms with van der Waals surface area (Å²) in [5.41, 5.74) is 0.361. The minimum Gasteiger partial charge on any atom is -0.336 e. The van der Waals surface area contributed by atoms with Crippen LogP contribution in [0, 0.1) is 5.92 Å². The lowest BCUT2D eigenvalue weighted by molar-refractivity contribution is 0.0575. The average molecular weight is 442 g/mol. The zero-order valence-corrected chi connectivity index (χ0v) is 19.7. The van der Waals surface area contributed by atoms with Gasteiger partial charge >= 0.3 is 5.69 Å². The molecule has 3 heterocycles.